The van der Waals surface area contributed by atoms with Crippen LogP contribution in [0.5, 0.6) is 0 Å². The Morgan fingerprint density at radius 1 is 0.944 bits per heavy atom. The molecule has 19 heteroatoms. The molecule has 0 aliphatic heterocycles. The summed E-state index contributed by atoms with van der Waals surface area (Å²) in [5.41, 5.74) is -0.0406. The topological polar surface area (TPSA) is 245 Å². The highest BCUT2D eigenvalue weighted by atomic mass is 16.6. The van der Waals surface area contributed by atoms with E-state index in [1.54, 1.807) is 13.8 Å². The van der Waals surface area contributed by atoms with Crippen LogP contribution in [0.2, 0.25) is 0 Å². The third-order valence-electron chi connectivity index (χ3n) is 8.42. The molecule has 0 fully saturated rings. The number of likely N-dealkylation sites (N-methyl/N-ethyl adjacent to an activating group) is 1. The smallest absolute Gasteiger partial charge is 0.305 e. The van der Waals surface area contributed by atoms with E-state index >= 15 is 0 Å². The first-order chi connectivity index (χ1) is 25.8. The maximum absolute atomic E-state index is 14.0. The van der Waals surface area contributed by atoms with E-state index in [1.165, 1.54) is 24.8 Å². The molecule has 54 heavy (non-hydrogen) atoms. The van der Waals surface area contributed by atoms with Crippen molar-refractivity contribution in [2.75, 3.05) is 24.5 Å². The minimum Gasteiger partial charge on any atom is -0.481 e. The summed E-state index contributed by atoms with van der Waals surface area (Å²) >= 11 is 0. The van der Waals surface area contributed by atoms with E-state index in [0.717, 1.165) is 26.5 Å². The number of aromatic nitrogens is 6. The van der Waals surface area contributed by atoms with Crippen molar-refractivity contribution in [1.82, 2.24) is 44.9 Å². The summed E-state index contributed by atoms with van der Waals surface area (Å²) in [6, 6.07) is 7.13. The summed E-state index contributed by atoms with van der Waals surface area (Å²) in [6.07, 6.45) is 4.37. The molecule has 0 aliphatic carbocycles. The summed E-state index contributed by atoms with van der Waals surface area (Å²) < 4.78 is 6.91. The molecule has 0 saturated heterocycles. The Morgan fingerprint density at radius 3 is 2.24 bits per heavy atom. The number of carbonyl (C=O) groups is 5. The third kappa shape index (κ3) is 10.6. The average molecular weight is 747 g/mol. The lowest BCUT2D eigenvalue weighted by atomic mass is 10.1. The van der Waals surface area contributed by atoms with Crippen LogP contribution in [0.4, 0.5) is 11.6 Å². The van der Waals surface area contributed by atoms with E-state index in [2.05, 4.69) is 30.9 Å². The maximum Gasteiger partial charge on any atom is 0.305 e. The average Bonchev–Trinajstić information content (AvgIpc) is 3.55. The normalized spacial score (nSPS) is 12.2. The number of Topliss-reactive ketones (excluding diaryl/α,β-unsaturated/α-hetero) is 2. The van der Waals surface area contributed by atoms with Crippen molar-refractivity contribution in [3.05, 3.63) is 92.8 Å². The summed E-state index contributed by atoms with van der Waals surface area (Å²) in [7, 11) is 0. The lowest BCUT2D eigenvalue weighted by molar-refractivity contribution is -0.140. The van der Waals surface area contributed by atoms with Gasteiger partial charge in [0.25, 0.3) is 11.1 Å². The van der Waals surface area contributed by atoms with Crippen LogP contribution < -0.4 is 26.7 Å². The van der Waals surface area contributed by atoms with Crippen molar-refractivity contribution in [1.29, 1.82) is 0 Å². The molecule has 1 aromatic carbocycles. The van der Waals surface area contributed by atoms with E-state index in [0.29, 0.717) is 18.8 Å². The van der Waals surface area contributed by atoms with Crippen molar-refractivity contribution in [3.63, 3.8) is 0 Å². The standard InChI is InChI=1S/C35H42N10O9/c1-5-28(33(51)39-26(23(4)46)16-30(49)50)44-15-13-37-32(35(44)53)45(20-27-22(3)40-54-41-27)31-34(52)43(14-12-36-31)21-29(48)38-17-25(47)19-42(6-2)18-24-10-8-7-9-11-24/h7-15,26,28H,5-6,16-21H2,1-4H3,(H,38,48)(H,39,51)(H,49,50). The second-order valence-corrected chi connectivity index (χ2v) is 12.3. The zero-order valence-corrected chi connectivity index (χ0v) is 30.3. The van der Waals surface area contributed by atoms with Gasteiger partial charge in [0, 0.05) is 31.3 Å². The molecule has 286 valence electrons. The molecule has 4 rings (SSSR count). The number of hydrogen-bond donors (Lipinski definition) is 3. The predicted molar refractivity (Wildman–Crippen MR) is 191 cm³/mol. The number of carboxylic acid groups (broad SMARTS) is 1. The zero-order chi connectivity index (χ0) is 39.4. The van der Waals surface area contributed by atoms with E-state index in [4.69, 9.17) is 4.63 Å². The van der Waals surface area contributed by atoms with Crippen molar-refractivity contribution in [2.24, 2.45) is 0 Å². The van der Waals surface area contributed by atoms with Crippen LogP contribution in [0.15, 0.2) is 69.3 Å². The van der Waals surface area contributed by atoms with E-state index < -0.39 is 59.7 Å². The van der Waals surface area contributed by atoms with Gasteiger partial charge < -0.3 is 20.3 Å². The summed E-state index contributed by atoms with van der Waals surface area (Å²) in [5, 5.41) is 21.8. The van der Waals surface area contributed by atoms with Crippen molar-refractivity contribution >= 4 is 41.0 Å². The van der Waals surface area contributed by atoms with Crippen LogP contribution in [-0.2, 0) is 43.6 Å². The van der Waals surface area contributed by atoms with Crippen LogP contribution in [-0.4, -0.2) is 94.4 Å². The van der Waals surface area contributed by atoms with Crippen molar-refractivity contribution in [3.8, 4) is 0 Å². The number of aryl methyl sites for hydroxylation is 1. The Kier molecular flexibility index (Phi) is 14.2. The van der Waals surface area contributed by atoms with E-state index in [-0.39, 0.29) is 49.2 Å². The van der Waals surface area contributed by atoms with Crippen LogP contribution in [0.1, 0.15) is 56.6 Å². The third-order valence-corrected chi connectivity index (χ3v) is 8.42. The molecule has 0 radical (unpaired) electrons. The highest BCUT2D eigenvalue weighted by molar-refractivity contribution is 5.91. The molecule has 2 atom stereocenters. The molecule has 0 aliphatic rings. The van der Waals surface area contributed by atoms with Gasteiger partial charge in [0.15, 0.2) is 11.6 Å². The largest absolute Gasteiger partial charge is 0.481 e. The van der Waals surface area contributed by atoms with Gasteiger partial charge in [-0.2, -0.15) is 0 Å². The minimum atomic E-state index is -1.33. The molecular formula is C35H42N10O9. The fraction of sp³-hybridized carbons (Fsp3) is 0.400. The Hall–Kier alpha value is -6.37. The molecule has 0 bridgehead atoms. The van der Waals surface area contributed by atoms with Crippen LogP contribution >= 0.6 is 0 Å². The van der Waals surface area contributed by atoms with Crippen LogP contribution in [0.25, 0.3) is 0 Å². The number of amides is 2. The van der Waals surface area contributed by atoms with Crippen LogP contribution in [0.3, 0.4) is 0 Å². The van der Waals surface area contributed by atoms with Crippen molar-refractivity contribution < 1.29 is 33.7 Å². The van der Waals surface area contributed by atoms with E-state index in [1.807, 2.05) is 42.2 Å². The molecule has 2 amide bonds. The second-order valence-electron chi connectivity index (χ2n) is 12.3. The molecule has 3 N–H and O–H groups in total. The number of nitrogens with one attached hydrogen (secondary N) is 2. The zero-order valence-electron chi connectivity index (χ0n) is 30.3. The second kappa shape index (κ2) is 18.9. The fourth-order valence-electron chi connectivity index (χ4n) is 5.46. The Balaban J connectivity index is 1.58. The number of hydrogen-bond acceptors (Lipinski definition) is 14. The number of carbonyl (C=O) groups excluding carboxylic acids is 4. The predicted octanol–water partition coefficient (Wildman–Crippen LogP) is 0.537. The molecule has 0 spiro atoms. The first-order valence-corrected chi connectivity index (χ1v) is 17.1. The molecule has 3 aromatic heterocycles. The first-order valence-electron chi connectivity index (χ1n) is 17.1. The summed E-state index contributed by atoms with van der Waals surface area (Å²) in [6.45, 7) is 6.52. The maximum atomic E-state index is 14.0. The fourth-order valence-corrected chi connectivity index (χ4v) is 5.46. The van der Waals surface area contributed by atoms with E-state index in [9.17, 15) is 38.7 Å². The highest BCUT2D eigenvalue weighted by Gasteiger charge is 2.29. The van der Waals surface area contributed by atoms with Gasteiger partial charge in [-0.1, -0.05) is 54.5 Å². The van der Waals surface area contributed by atoms with Gasteiger partial charge >= 0.3 is 5.97 Å². The van der Waals surface area contributed by atoms with Gasteiger partial charge in [-0.05, 0) is 32.4 Å². The van der Waals surface area contributed by atoms with Gasteiger partial charge in [-0.3, -0.25) is 47.9 Å². The van der Waals surface area contributed by atoms with Crippen LogP contribution in [0, 0.1) is 6.92 Å². The molecular weight excluding hydrogens is 704 g/mol. The molecule has 3 heterocycles. The minimum absolute atomic E-state index is 0.0523. The molecule has 2 unspecified atom stereocenters. The molecule has 0 saturated carbocycles. The Labute approximate surface area is 309 Å². The monoisotopic (exact) mass is 746 g/mol. The number of carboxylic acids is 1. The van der Waals surface area contributed by atoms with Crippen molar-refractivity contribution in [2.45, 2.75) is 72.3 Å². The first kappa shape index (κ1) is 40.4. The summed E-state index contributed by atoms with van der Waals surface area (Å²) in [4.78, 5) is 102. The summed E-state index contributed by atoms with van der Waals surface area (Å²) in [5.74, 6) is -4.21. The molecule has 4 aromatic rings. The van der Waals surface area contributed by atoms with Gasteiger partial charge in [0.05, 0.1) is 32.1 Å². The lowest BCUT2D eigenvalue weighted by Gasteiger charge is -2.24. The SMILES string of the molecule is CCC(C(=O)NC(CC(=O)O)C(C)=O)n1ccnc(N(Cc2nonc2C)c2nccn(CC(=O)NCC(=O)CN(CC)Cc3ccccc3)c2=O)c1=O. The highest BCUT2D eigenvalue weighted by Crippen LogP contribution is 2.20. The van der Waals surface area contributed by atoms with Gasteiger partial charge in [0.2, 0.25) is 23.5 Å². The Morgan fingerprint density at radius 2 is 1.63 bits per heavy atom. The lowest BCUT2D eigenvalue weighted by Crippen LogP contribution is -2.46. The Bertz CT molecular complexity index is 2080. The number of rotatable bonds is 20. The van der Waals surface area contributed by atoms with Gasteiger partial charge in [0.1, 0.15) is 24.0 Å². The number of ketones is 2. The number of aliphatic carboxylic acids is 1. The number of nitrogens with zero attached hydrogens (tertiary/aromatic N) is 8. The van der Waals surface area contributed by atoms with Gasteiger partial charge in [-0.25, -0.2) is 14.6 Å². The number of benzene rings is 1. The quantitative estimate of drug-likeness (QED) is 0.112. The van der Waals surface area contributed by atoms with Gasteiger partial charge in [-0.15, -0.1) is 0 Å². The number of anilines is 2. The molecule has 19 nitrogen and oxygen atoms in total.